The molecule has 1 saturated heterocycles. The summed E-state index contributed by atoms with van der Waals surface area (Å²) in [7, 11) is 0. The van der Waals surface area contributed by atoms with Gasteiger partial charge in [-0.1, -0.05) is 12.1 Å². The molecule has 1 aliphatic rings. The zero-order chi connectivity index (χ0) is 13.0. The van der Waals surface area contributed by atoms with E-state index in [9.17, 15) is 9.90 Å². The minimum atomic E-state index is -0.754. The minimum Gasteiger partial charge on any atom is -0.480 e. The molecule has 1 atom stereocenters. The molecule has 0 spiro atoms. The molecule has 94 valence electrons. The lowest BCUT2D eigenvalue weighted by atomic mass is 10.1. The first kappa shape index (κ1) is 12.9. The van der Waals surface area contributed by atoms with Gasteiger partial charge >= 0.3 is 5.97 Å². The van der Waals surface area contributed by atoms with E-state index in [4.69, 9.17) is 5.26 Å². The molecule has 1 aromatic carbocycles. The second kappa shape index (κ2) is 5.89. The molecule has 4 nitrogen and oxygen atoms in total. The number of aliphatic carboxylic acids is 1. The monoisotopic (exact) mass is 262 g/mol. The highest BCUT2D eigenvalue weighted by Crippen LogP contribution is 2.19. The maximum Gasteiger partial charge on any atom is 0.321 e. The van der Waals surface area contributed by atoms with Crippen LogP contribution in [0.3, 0.4) is 0 Å². The van der Waals surface area contributed by atoms with Gasteiger partial charge < -0.3 is 5.11 Å². The largest absolute Gasteiger partial charge is 0.480 e. The molecule has 0 amide bonds. The number of rotatable bonds is 3. The van der Waals surface area contributed by atoms with Crippen LogP contribution >= 0.6 is 11.8 Å². The van der Waals surface area contributed by atoms with Crippen LogP contribution in [0.2, 0.25) is 0 Å². The van der Waals surface area contributed by atoms with Gasteiger partial charge in [-0.2, -0.15) is 17.0 Å². The van der Waals surface area contributed by atoms with Crippen molar-refractivity contribution in [2.75, 3.05) is 18.1 Å². The quantitative estimate of drug-likeness (QED) is 0.895. The van der Waals surface area contributed by atoms with Crippen molar-refractivity contribution >= 4 is 17.7 Å². The molecule has 5 heteroatoms. The fraction of sp³-hybridized carbons (Fsp3) is 0.385. The molecule has 1 fully saturated rings. The van der Waals surface area contributed by atoms with Crippen molar-refractivity contribution in [1.82, 2.24) is 4.90 Å². The van der Waals surface area contributed by atoms with Gasteiger partial charge in [-0.15, -0.1) is 0 Å². The van der Waals surface area contributed by atoms with Gasteiger partial charge in [0, 0.05) is 24.6 Å². The Hall–Kier alpha value is -1.51. The van der Waals surface area contributed by atoms with E-state index in [2.05, 4.69) is 6.07 Å². The fourth-order valence-corrected chi connectivity index (χ4v) is 3.08. The van der Waals surface area contributed by atoms with E-state index in [-0.39, 0.29) is 0 Å². The van der Waals surface area contributed by atoms with Gasteiger partial charge in [0.05, 0.1) is 11.6 Å². The average molecular weight is 262 g/mol. The van der Waals surface area contributed by atoms with Crippen LogP contribution in [0.4, 0.5) is 0 Å². The summed E-state index contributed by atoms with van der Waals surface area (Å²) in [6.45, 7) is 1.42. The van der Waals surface area contributed by atoms with Gasteiger partial charge in [0.1, 0.15) is 6.04 Å². The maximum atomic E-state index is 11.2. The molecule has 18 heavy (non-hydrogen) atoms. The summed E-state index contributed by atoms with van der Waals surface area (Å²) in [4.78, 5) is 13.1. The SMILES string of the molecule is N#Cc1ccc(CN2CCSCC2C(=O)O)cc1. The molecular weight excluding hydrogens is 248 g/mol. The second-order valence-electron chi connectivity index (χ2n) is 4.21. The molecule has 0 aliphatic carbocycles. The third-order valence-corrected chi connectivity index (χ3v) is 4.02. The van der Waals surface area contributed by atoms with Gasteiger partial charge in [-0.3, -0.25) is 9.69 Å². The number of carboxylic acid groups (broad SMARTS) is 1. The molecule has 0 aromatic heterocycles. The number of benzene rings is 1. The molecule has 1 aromatic rings. The summed E-state index contributed by atoms with van der Waals surface area (Å²) >= 11 is 1.69. The second-order valence-corrected chi connectivity index (χ2v) is 5.36. The van der Waals surface area contributed by atoms with Gasteiger partial charge in [0.2, 0.25) is 0 Å². The molecular formula is C13H14N2O2S. The van der Waals surface area contributed by atoms with Crippen LogP contribution in [-0.2, 0) is 11.3 Å². The summed E-state index contributed by atoms with van der Waals surface area (Å²) in [5.41, 5.74) is 1.68. The predicted molar refractivity (Wildman–Crippen MR) is 70.3 cm³/mol. The Bertz CT molecular complexity index is 467. The average Bonchev–Trinajstić information content (AvgIpc) is 2.40. The normalized spacial score (nSPS) is 20.3. The first-order valence-corrected chi connectivity index (χ1v) is 6.90. The van der Waals surface area contributed by atoms with Gasteiger partial charge in [0.15, 0.2) is 0 Å². The highest BCUT2D eigenvalue weighted by Gasteiger charge is 2.28. The molecule has 1 unspecified atom stereocenters. The lowest BCUT2D eigenvalue weighted by molar-refractivity contribution is -0.142. The molecule has 2 rings (SSSR count). The Morgan fingerprint density at radius 1 is 1.50 bits per heavy atom. The first-order valence-electron chi connectivity index (χ1n) is 5.74. The Kier molecular flexibility index (Phi) is 4.24. The Morgan fingerprint density at radius 3 is 2.83 bits per heavy atom. The highest BCUT2D eigenvalue weighted by atomic mass is 32.2. The summed E-state index contributed by atoms with van der Waals surface area (Å²) in [6.07, 6.45) is 0. The lowest BCUT2D eigenvalue weighted by Gasteiger charge is -2.32. The van der Waals surface area contributed by atoms with Crippen LogP contribution in [0.5, 0.6) is 0 Å². The third-order valence-electron chi connectivity index (χ3n) is 2.99. The van der Waals surface area contributed by atoms with E-state index >= 15 is 0 Å². The maximum absolute atomic E-state index is 11.2. The summed E-state index contributed by atoms with van der Waals surface area (Å²) in [5.74, 6) is 0.863. The number of nitrogens with zero attached hydrogens (tertiary/aromatic N) is 2. The fourth-order valence-electron chi connectivity index (χ4n) is 1.97. The van der Waals surface area contributed by atoms with Crippen LogP contribution in [0.1, 0.15) is 11.1 Å². The van der Waals surface area contributed by atoms with Gasteiger partial charge in [-0.25, -0.2) is 0 Å². The highest BCUT2D eigenvalue weighted by molar-refractivity contribution is 7.99. The number of carbonyl (C=O) groups is 1. The van der Waals surface area contributed by atoms with Crippen molar-refractivity contribution in [2.45, 2.75) is 12.6 Å². The van der Waals surface area contributed by atoms with Gasteiger partial charge in [-0.05, 0) is 17.7 Å². The van der Waals surface area contributed by atoms with Crippen molar-refractivity contribution in [3.63, 3.8) is 0 Å². The molecule has 1 heterocycles. The van der Waals surface area contributed by atoms with Crippen LogP contribution in [0.15, 0.2) is 24.3 Å². The van der Waals surface area contributed by atoms with E-state index in [1.807, 2.05) is 17.0 Å². The zero-order valence-corrected chi connectivity index (χ0v) is 10.7. The van der Waals surface area contributed by atoms with E-state index in [1.54, 1.807) is 23.9 Å². The summed E-state index contributed by atoms with van der Waals surface area (Å²) in [6, 6.07) is 8.98. The molecule has 0 bridgehead atoms. The topological polar surface area (TPSA) is 64.3 Å². The van der Waals surface area contributed by atoms with Crippen molar-refractivity contribution in [2.24, 2.45) is 0 Å². The predicted octanol–water partition coefficient (Wildman–Crippen LogP) is 1.56. The minimum absolute atomic E-state index is 0.403. The number of carboxylic acids is 1. The molecule has 1 N–H and O–H groups in total. The zero-order valence-electron chi connectivity index (χ0n) is 9.87. The first-order chi connectivity index (χ1) is 8.70. The number of hydrogen-bond acceptors (Lipinski definition) is 4. The lowest BCUT2D eigenvalue weighted by Crippen LogP contribution is -2.46. The number of thioether (sulfide) groups is 1. The number of nitriles is 1. The molecule has 1 aliphatic heterocycles. The van der Waals surface area contributed by atoms with Crippen LogP contribution < -0.4 is 0 Å². The van der Waals surface area contributed by atoms with E-state index in [1.165, 1.54) is 0 Å². The van der Waals surface area contributed by atoms with Crippen molar-refractivity contribution in [3.05, 3.63) is 35.4 Å². The Balaban J connectivity index is 2.06. The Morgan fingerprint density at radius 2 is 2.22 bits per heavy atom. The van der Waals surface area contributed by atoms with Crippen LogP contribution in [0.25, 0.3) is 0 Å². The van der Waals surface area contributed by atoms with E-state index in [0.29, 0.717) is 17.9 Å². The molecule has 0 radical (unpaired) electrons. The third kappa shape index (κ3) is 3.03. The van der Waals surface area contributed by atoms with Crippen LogP contribution in [0, 0.1) is 11.3 Å². The summed E-state index contributed by atoms with van der Waals surface area (Å²) in [5, 5.41) is 17.9. The Labute approximate surface area is 110 Å². The van der Waals surface area contributed by atoms with E-state index < -0.39 is 12.0 Å². The standard InChI is InChI=1S/C13H14N2O2S/c14-7-10-1-3-11(4-2-10)8-15-5-6-18-9-12(15)13(16)17/h1-4,12H,5-6,8-9H2,(H,16,17). The van der Waals surface area contributed by atoms with Crippen molar-refractivity contribution in [1.29, 1.82) is 5.26 Å². The van der Waals surface area contributed by atoms with Crippen molar-refractivity contribution < 1.29 is 9.90 Å². The van der Waals surface area contributed by atoms with Crippen LogP contribution in [-0.4, -0.2) is 40.1 Å². The smallest absolute Gasteiger partial charge is 0.321 e. The number of hydrogen-bond donors (Lipinski definition) is 1. The van der Waals surface area contributed by atoms with Gasteiger partial charge in [0.25, 0.3) is 0 Å². The summed E-state index contributed by atoms with van der Waals surface area (Å²) < 4.78 is 0. The van der Waals surface area contributed by atoms with E-state index in [0.717, 1.165) is 17.9 Å². The van der Waals surface area contributed by atoms with Crippen molar-refractivity contribution in [3.8, 4) is 6.07 Å². The molecule has 0 saturated carbocycles.